The van der Waals surface area contributed by atoms with E-state index in [4.69, 9.17) is 9.73 Å². The molecule has 2 aliphatic heterocycles. The van der Waals surface area contributed by atoms with Crippen molar-refractivity contribution < 1.29 is 4.74 Å². The van der Waals surface area contributed by atoms with Crippen LogP contribution in [0.3, 0.4) is 0 Å². The van der Waals surface area contributed by atoms with Crippen LogP contribution in [0.15, 0.2) is 47.8 Å². The van der Waals surface area contributed by atoms with Crippen LogP contribution in [0, 0.1) is 0 Å². The molecule has 3 aromatic rings. The molecule has 148 valence electrons. The molecule has 2 atom stereocenters. The molecule has 1 saturated heterocycles. The van der Waals surface area contributed by atoms with Gasteiger partial charge < -0.3 is 9.64 Å². The Labute approximate surface area is 170 Å². The molecular weight excluding hydrogens is 364 g/mol. The van der Waals surface area contributed by atoms with E-state index >= 15 is 0 Å². The van der Waals surface area contributed by atoms with Gasteiger partial charge in [-0.2, -0.15) is 5.10 Å². The van der Waals surface area contributed by atoms with Gasteiger partial charge in [0, 0.05) is 43.5 Å². The number of ether oxygens (including phenoxy) is 1. The summed E-state index contributed by atoms with van der Waals surface area (Å²) < 4.78 is 7.74. The average Bonchev–Trinajstić information content (AvgIpc) is 3.33. The lowest BCUT2D eigenvalue weighted by molar-refractivity contribution is -0.00546. The molecule has 4 heterocycles. The van der Waals surface area contributed by atoms with E-state index in [9.17, 15) is 0 Å². The van der Waals surface area contributed by atoms with Crippen molar-refractivity contribution in [2.75, 3.05) is 18.0 Å². The van der Waals surface area contributed by atoms with Crippen LogP contribution in [0.4, 0.5) is 5.82 Å². The highest BCUT2D eigenvalue weighted by molar-refractivity contribution is 6.14. The van der Waals surface area contributed by atoms with E-state index in [0.29, 0.717) is 6.54 Å². The second-order valence-electron chi connectivity index (χ2n) is 7.80. The fourth-order valence-electron chi connectivity index (χ4n) is 4.23. The summed E-state index contributed by atoms with van der Waals surface area (Å²) in [4.78, 5) is 16.1. The van der Waals surface area contributed by atoms with Gasteiger partial charge in [0.05, 0.1) is 35.9 Å². The molecule has 0 unspecified atom stereocenters. The van der Waals surface area contributed by atoms with Gasteiger partial charge in [-0.15, -0.1) is 0 Å². The number of fused-ring (bicyclic) bond motifs is 1. The first-order valence-electron chi connectivity index (χ1n) is 9.97. The highest BCUT2D eigenvalue weighted by atomic mass is 16.5. The first-order chi connectivity index (χ1) is 14.1. The van der Waals surface area contributed by atoms with Crippen molar-refractivity contribution in [3.8, 4) is 11.3 Å². The third-order valence-electron chi connectivity index (χ3n) is 5.53. The number of aliphatic imine (C=N–C) groups is 1. The quantitative estimate of drug-likeness (QED) is 0.690. The Hall–Kier alpha value is -3.06. The smallest absolute Gasteiger partial charge is 0.132 e. The lowest BCUT2D eigenvalue weighted by Gasteiger charge is -2.36. The molecule has 2 aliphatic rings. The first-order valence-corrected chi connectivity index (χ1v) is 9.97. The normalized spacial score (nSPS) is 21.2. The average molecular weight is 388 g/mol. The lowest BCUT2D eigenvalue weighted by atomic mass is 9.99. The molecule has 0 amide bonds. The summed E-state index contributed by atoms with van der Waals surface area (Å²) in [5.41, 5.74) is 6.36. The molecule has 0 bridgehead atoms. The van der Waals surface area contributed by atoms with Crippen LogP contribution in [0.5, 0.6) is 0 Å². The van der Waals surface area contributed by atoms with Crippen LogP contribution in [-0.4, -0.2) is 50.8 Å². The number of hydrogen-bond acceptors (Lipinski definition) is 6. The van der Waals surface area contributed by atoms with Gasteiger partial charge in [0.15, 0.2) is 0 Å². The Kier molecular flexibility index (Phi) is 4.39. The van der Waals surface area contributed by atoms with Gasteiger partial charge in [-0.25, -0.2) is 9.97 Å². The Morgan fingerprint density at radius 1 is 1.03 bits per heavy atom. The summed E-state index contributed by atoms with van der Waals surface area (Å²) in [6.07, 6.45) is 3.82. The highest BCUT2D eigenvalue weighted by Crippen LogP contribution is 2.29. The number of benzene rings is 1. The Balaban J connectivity index is 1.49. The largest absolute Gasteiger partial charge is 0.372 e. The minimum atomic E-state index is 0.183. The zero-order valence-electron chi connectivity index (χ0n) is 16.9. The fourth-order valence-corrected chi connectivity index (χ4v) is 4.23. The molecule has 7 nitrogen and oxygen atoms in total. The fraction of sp³-hybridized carbons (Fsp3) is 0.364. The molecule has 0 N–H and O–H groups in total. The van der Waals surface area contributed by atoms with Crippen molar-refractivity contribution in [1.82, 2.24) is 19.7 Å². The van der Waals surface area contributed by atoms with Crippen molar-refractivity contribution in [3.05, 3.63) is 59.7 Å². The van der Waals surface area contributed by atoms with Crippen molar-refractivity contribution >= 4 is 11.5 Å². The minimum Gasteiger partial charge on any atom is -0.372 e. The molecule has 0 spiro atoms. The van der Waals surface area contributed by atoms with E-state index < -0.39 is 0 Å². The molecule has 1 aromatic carbocycles. The van der Waals surface area contributed by atoms with Crippen molar-refractivity contribution in [2.24, 2.45) is 12.0 Å². The number of nitrogens with zero attached hydrogens (tertiary/aromatic N) is 6. The zero-order valence-corrected chi connectivity index (χ0v) is 16.9. The Morgan fingerprint density at radius 2 is 1.86 bits per heavy atom. The van der Waals surface area contributed by atoms with Crippen molar-refractivity contribution in [1.29, 1.82) is 0 Å². The number of morpholine rings is 1. The predicted molar refractivity (Wildman–Crippen MR) is 112 cm³/mol. The molecule has 29 heavy (non-hydrogen) atoms. The van der Waals surface area contributed by atoms with Crippen LogP contribution in [0.1, 0.15) is 30.7 Å². The summed E-state index contributed by atoms with van der Waals surface area (Å²) in [6, 6.07) is 10.6. The van der Waals surface area contributed by atoms with Gasteiger partial charge in [-0.1, -0.05) is 12.1 Å². The maximum absolute atomic E-state index is 5.86. The molecule has 0 radical (unpaired) electrons. The summed E-state index contributed by atoms with van der Waals surface area (Å²) in [5, 5.41) is 4.29. The van der Waals surface area contributed by atoms with E-state index in [0.717, 1.165) is 47.1 Å². The first kappa shape index (κ1) is 18.0. The standard InChI is InChI=1S/C22H24N6O/c1-14-11-28(12-15(2)29-14)21-9-19(24-13-25-21)22-18-8-16(4-5-17(18)10-23-22)20-6-7-26-27(20)3/h4-9,13-15H,10-12H2,1-3H3/t14-,15+. The number of hydrogen-bond donors (Lipinski definition) is 0. The lowest BCUT2D eigenvalue weighted by Crippen LogP contribution is -2.45. The van der Waals surface area contributed by atoms with Crippen LogP contribution in [0.2, 0.25) is 0 Å². The Bertz CT molecular complexity index is 1080. The third kappa shape index (κ3) is 3.31. The number of aryl methyl sites for hydroxylation is 1. The monoisotopic (exact) mass is 388 g/mol. The molecule has 2 aromatic heterocycles. The maximum Gasteiger partial charge on any atom is 0.132 e. The van der Waals surface area contributed by atoms with E-state index in [2.05, 4.69) is 58.1 Å². The molecular formula is C22H24N6O. The van der Waals surface area contributed by atoms with Crippen LogP contribution in [-0.2, 0) is 18.3 Å². The number of aromatic nitrogens is 4. The van der Waals surface area contributed by atoms with Crippen molar-refractivity contribution in [2.45, 2.75) is 32.6 Å². The second kappa shape index (κ2) is 7.08. The van der Waals surface area contributed by atoms with Gasteiger partial charge in [0.1, 0.15) is 12.1 Å². The summed E-state index contributed by atoms with van der Waals surface area (Å²) >= 11 is 0. The SMILES string of the molecule is C[C@@H]1CN(c2cc(C3=NCc4ccc(-c5ccnn5C)cc43)ncn2)C[C@H](C)O1. The predicted octanol–water partition coefficient (Wildman–Crippen LogP) is 2.84. The van der Waals surface area contributed by atoms with E-state index in [1.165, 1.54) is 5.56 Å². The van der Waals surface area contributed by atoms with Gasteiger partial charge in [0.2, 0.25) is 0 Å². The number of anilines is 1. The van der Waals surface area contributed by atoms with Gasteiger partial charge in [-0.3, -0.25) is 9.67 Å². The molecule has 5 rings (SSSR count). The summed E-state index contributed by atoms with van der Waals surface area (Å²) in [5.74, 6) is 0.927. The second-order valence-corrected chi connectivity index (χ2v) is 7.80. The number of rotatable bonds is 3. The van der Waals surface area contributed by atoms with Crippen LogP contribution in [0.25, 0.3) is 11.3 Å². The van der Waals surface area contributed by atoms with E-state index in [-0.39, 0.29) is 12.2 Å². The summed E-state index contributed by atoms with van der Waals surface area (Å²) in [6.45, 7) is 6.54. The van der Waals surface area contributed by atoms with Gasteiger partial charge in [0.25, 0.3) is 0 Å². The third-order valence-corrected chi connectivity index (χ3v) is 5.53. The molecule has 1 fully saturated rings. The highest BCUT2D eigenvalue weighted by Gasteiger charge is 2.25. The molecule has 0 saturated carbocycles. The molecule has 7 heteroatoms. The van der Waals surface area contributed by atoms with Crippen LogP contribution < -0.4 is 4.90 Å². The minimum absolute atomic E-state index is 0.183. The van der Waals surface area contributed by atoms with E-state index in [1.54, 1.807) is 6.33 Å². The Morgan fingerprint density at radius 3 is 2.62 bits per heavy atom. The zero-order chi connectivity index (χ0) is 20.0. The van der Waals surface area contributed by atoms with Crippen LogP contribution >= 0.6 is 0 Å². The maximum atomic E-state index is 5.86. The summed E-state index contributed by atoms with van der Waals surface area (Å²) in [7, 11) is 1.96. The van der Waals surface area contributed by atoms with Gasteiger partial charge in [-0.05, 0) is 31.5 Å². The topological polar surface area (TPSA) is 68.4 Å². The van der Waals surface area contributed by atoms with Crippen molar-refractivity contribution in [3.63, 3.8) is 0 Å². The van der Waals surface area contributed by atoms with Gasteiger partial charge >= 0.3 is 0 Å². The van der Waals surface area contributed by atoms with E-state index in [1.807, 2.05) is 24.0 Å². The molecule has 0 aliphatic carbocycles.